The highest BCUT2D eigenvalue weighted by atomic mass is 32.1. The van der Waals surface area contributed by atoms with Crippen LogP contribution in [-0.4, -0.2) is 81.5 Å². The predicted molar refractivity (Wildman–Crippen MR) is 144 cm³/mol. The maximum absolute atomic E-state index is 14.4. The maximum Gasteiger partial charge on any atom is 0.408 e. The van der Waals surface area contributed by atoms with Gasteiger partial charge in [0.05, 0.1) is 30.2 Å². The number of amides is 2. The van der Waals surface area contributed by atoms with Gasteiger partial charge in [-0.25, -0.2) is 18.7 Å². The zero-order valence-electron chi connectivity index (χ0n) is 23.0. The standard InChI is InChI=1S/C27H32F5N5O4S/c1-3-14-7-4-12(2)37(14)26(40)20-21(42-25(36-20)24(39)34-17-10-41-11-18(17)38)16-9-33-19(8-15(16)23(28)29)35-22(13-5-6-13)27(30,31)32/h8-9,12-14,17-18,22-23,38H,3-7,10-11H2,1-2H3,(H,33,35)(H,34,39)/t12?,14?,17-,18-,22-/m0/s1. The number of ether oxygens (including phenoxy) is 1. The van der Waals surface area contributed by atoms with E-state index in [1.807, 2.05) is 13.8 Å². The van der Waals surface area contributed by atoms with Crippen molar-refractivity contribution in [2.75, 3.05) is 18.5 Å². The number of nitrogens with one attached hydrogen (secondary N) is 2. The van der Waals surface area contributed by atoms with Gasteiger partial charge in [0, 0.05) is 29.4 Å². The van der Waals surface area contributed by atoms with E-state index >= 15 is 0 Å². The number of rotatable bonds is 9. The third-order valence-electron chi connectivity index (χ3n) is 8.05. The van der Waals surface area contributed by atoms with Crippen molar-refractivity contribution in [1.29, 1.82) is 0 Å². The maximum atomic E-state index is 14.4. The van der Waals surface area contributed by atoms with E-state index in [4.69, 9.17) is 4.74 Å². The fourth-order valence-electron chi connectivity index (χ4n) is 5.59. The summed E-state index contributed by atoms with van der Waals surface area (Å²) in [6, 6.07) is -2.04. The molecule has 42 heavy (non-hydrogen) atoms. The number of nitrogens with zero attached hydrogens (tertiary/aromatic N) is 3. The number of likely N-dealkylation sites (tertiary alicyclic amines) is 1. The monoisotopic (exact) mass is 617 g/mol. The molecular weight excluding hydrogens is 585 g/mol. The molecule has 3 fully saturated rings. The van der Waals surface area contributed by atoms with Crippen LogP contribution in [0.15, 0.2) is 12.3 Å². The van der Waals surface area contributed by atoms with Gasteiger partial charge in [-0.2, -0.15) is 13.2 Å². The molecular formula is C27H32F5N5O4S. The van der Waals surface area contributed by atoms with Gasteiger partial charge in [-0.05, 0) is 51.0 Å². The first-order valence-corrected chi connectivity index (χ1v) is 14.7. The van der Waals surface area contributed by atoms with Crippen molar-refractivity contribution in [1.82, 2.24) is 20.2 Å². The molecule has 4 heterocycles. The highest BCUT2D eigenvalue weighted by Gasteiger charge is 2.49. The first-order valence-electron chi connectivity index (χ1n) is 13.9. The molecule has 0 spiro atoms. The number of hydrogen-bond donors (Lipinski definition) is 3. The second-order valence-corrected chi connectivity index (χ2v) is 12.0. The van der Waals surface area contributed by atoms with Crippen LogP contribution >= 0.6 is 11.3 Å². The fourth-order valence-corrected chi connectivity index (χ4v) is 6.58. The number of carbonyl (C=O) groups is 2. The van der Waals surface area contributed by atoms with Crippen LogP contribution in [0, 0.1) is 5.92 Å². The van der Waals surface area contributed by atoms with Crippen molar-refractivity contribution in [3.8, 4) is 10.4 Å². The molecule has 0 bridgehead atoms. The van der Waals surface area contributed by atoms with Gasteiger partial charge in [-0.15, -0.1) is 11.3 Å². The van der Waals surface area contributed by atoms with Crippen LogP contribution in [0.3, 0.4) is 0 Å². The SMILES string of the molecule is CCC1CCC(C)N1C(=O)c1nc(C(=O)N[C@H]2COC[C@@H]2O)sc1-c1cnc(N[C@@H](C2CC2)C(F)(F)F)cc1C(F)F. The quantitative estimate of drug-likeness (QED) is 0.347. The van der Waals surface area contributed by atoms with Crippen molar-refractivity contribution in [3.63, 3.8) is 0 Å². The van der Waals surface area contributed by atoms with E-state index in [1.54, 1.807) is 4.90 Å². The summed E-state index contributed by atoms with van der Waals surface area (Å²) in [7, 11) is 0. The van der Waals surface area contributed by atoms with Gasteiger partial charge in [0.25, 0.3) is 18.2 Å². The Morgan fingerprint density at radius 2 is 1.95 bits per heavy atom. The van der Waals surface area contributed by atoms with Crippen LogP contribution in [0.5, 0.6) is 0 Å². The highest BCUT2D eigenvalue weighted by Crippen LogP contribution is 2.43. The number of alkyl halides is 5. The molecule has 15 heteroatoms. The first-order chi connectivity index (χ1) is 19.9. The van der Waals surface area contributed by atoms with Crippen molar-refractivity contribution >= 4 is 29.0 Å². The predicted octanol–water partition coefficient (Wildman–Crippen LogP) is 4.79. The molecule has 0 radical (unpaired) electrons. The number of pyridine rings is 1. The Hall–Kier alpha value is -2.91. The van der Waals surface area contributed by atoms with Gasteiger partial charge in [-0.1, -0.05) is 6.92 Å². The van der Waals surface area contributed by atoms with Gasteiger partial charge in [0.15, 0.2) is 5.01 Å². The molecule has 1 aliphatic carbocycles. The molecule has 2 aliphatic heterocycles. The van der Waals surface area contributed by atoms with Crippen molar-refractivity contribution < 1.29 is 41.4 Å². The number of hydrogen-bond acceptors (Lipinski definition) is 8. The van der Waals surface area contributed by atoms with E-state index in [2.05, 4.69) is 20.6 Å². The molecule has 9 nitrogen and oxygen atoms in total. The Labute approximate surface area is 242 Å². The molecule has 5 atom stereocenters. The summed E-state index contributed by atoms with van der Waals surface area (Å²) in [5.74, 6) is -2.28. The third kappa shape index (κ3) is 6.23. The summed E-state index contributed by atoms with van der Waals surface area (Å²) in [6.07, 6.45) is -4.79. The van der Waals surface area contributed by atoms with Gasteiger partial charge >= 0.3 is 6.18 Å². The fraction of sp³-hybridized carbons (Fsp3) is 0.630. The van der Waals surface area contributed by atoms with E-state index in [0.717, 1.165) is 25.1 Å². The van der Waals surface area contributed by atoms with E-state index in [1.165, 1.54) is 0 Å². The molecule has 5 rings (SSSR count). The summed E-state index contributed by atoms with van der Waals surface area (Å²) in [5.41, 5.74) is -1.05. The Kier molecular flexibility index (Phi) is 8.72. The van der Waals surface area contributed by atoms with Gasteiger partial charge in [-0.3, -0.25) is 9.59 Å². The molecule has 3 N–H and O–H groups in total. The molecule has 0 aromatic carbocycles. The number of aliphatic hydroxyl groups excluding tert-OH is 1. The molecule has 1 saturated carbocycles. The first kappa shape index (κ1) is 30.5. The molecule has 2 aromatic heterocycles. The summed E-state index contributed by atoms with van der Waals surface area (Å²) >= 11 is 0.706. The van der Waals surface area contributed by atoms with E-state index in [-0.39, 0.29) is 52.3 Å². The average Bonchev–Trinajstić information content (AvgIpc) is 3.35. The summed E-state index contributed by atoms with van der Waals surface area (Å²) in [5, 5.41) is 14.7. The van der Waals surface area contributed by atoms with Crippen LogP contribution in [0.1, 0.15) is 78.2 Å². The average molecular weight is 618 g/mol. The van der Waals surface area contributed by atoms with Crippen molar-refractivity contribution in [2.24, 2.45) is 5.92 Å². The Bertz CT molecular complexity index is 1320. The normalized spacial score (nSPS) is 25.2. The van der Waals surface area contributed by atoms with Crippen LogP contribution in [0.4, 0.5) is 27.8 Å². The Balaban J connectivity index is 1.54. The summed E-state index contributed by atoms with van der Waals surface area (Å²) in [4.78, 5) is 36.9. The largest absolute Gasteiger partial charge is 0.408 e. The minimum Gasteiger partial charge on any atom is -0.388 e. The van der Waals surface area contributed by atoms with Crippen LogP contribution in [-0.2, 0) is 4.74 Å². The summed E-state index contributed by atoms with van der Waals surface area (Å²) < 4.78 is 74.7. The Morgan fingerprint density at radius 3 is 2.55 bits per heavy atom. The summed E-state index contributed by atoms with van der Waals surface area (Å²) in [6.45, 7) is 3.90. The zero-order chi connectivity index (χ0) is 30.3. The van der Waals surface area contributed by atoms with Gasteiger partial charge < -0.3 is 25.4 Å². The lowest BCUT2D eigenvalue weighted by atomic mass is 10.1. The number of halogens is 5. The number of thiazole rings is 1. The molecule has 2 saturated heterocycles. The van der Waals surface area contributed by atoms with Crippen LogP contribution in [0.25, 0.3) is 10.4 Å². The lowest BCUT2D eigenvalue weighted by molar-refractivity contribution is -0.146. The lowest BCUT2D eigenvalue weighted by Gasteiger charge is -2.27. The minimum atomic E-state index is -4.59. The van der Waals surface area contributed by atoms with E-state index in [0.29, 0.717) is 30.6 Å². The van der Waals surface area contributed by atoms with Crippen molar-refractivity contribution in [2.45, 2.75) is 88.8 Å². The number of aliphatic hydroxyl groups is 1. The van der Waals surface area contributed by atoms with E-state index < -0.39 is 54.1 Å². The van der Waals surface area contributed by atoms with Crippen LogP contribution in [0.2, 0.25) is 0 Å². The molecule has 2 amide bonds. The number of anilines is 1. The number of aromatic nitrogens is 2. The lowest BCUT2D eigenvalue weighted by Crippen LogP contribution is -2.42. The second-order valence-electron chi connectivity index (χ2n) is 11.0. The molecule has 2 aromatic rings. The second kappa shape index (κ2) is 12.0. The zero-order valence-corrected chi connectivity index (χ0v) is 23.8. The third-order valence-corrected chi connectivity index (χ3v) is 9.14. The molecule has 230 valence electrons. The highest BCUT2D eigenvalue weighted by molar-refractivity contribution is 7.17. The minimum absolute atomic E-state index is 0.0306. The van der Waals surface area contributed by atoms with E-state index in [9.17, 15) is 36.6 Å². The smallest absolute Gasteiger partial charge is 0.388 e. The number of carbonyl (C=O) groups excluding carboxylic acids is 2. The Morgan fingerprint density at radius 1 is 1.21 bits per heavy atom. The van der Waals surface area contributed by atoms with Crippen LogP contribution < -0.4 is 10.6 Å². The molecule has 3 aliphatic rings. The topological polar surface area (TPSA) is 117 Å². The van der Waals surface area contributed by atoms with Gasteiger partial charge in [0.1, 0.15) is 17.6 Å². The molecule has 2 unspecified atom stereocenters. The van der Waals surface area contributed by atoms with Crippen molar-refractivity contribution in [3.05, 3.63) is 28.5 Å². The van der Waals surface area contributed by atoms with Gasteiger partial charge in [0.2, 0.25) is 0 Å².